The Balaban J connectivity index is 1.68. The van der Waals surface area contributed by atoms with Crippen molar-refractivity contribution in [3.63, 3.8) is 0 Å². The Kier molecular flexibility index (Phi) is 4.01. The molecule has 0 radical (unpaired) electrons. The Morgan fingerprint density at radius 3 is 2.72 bits per heavy atom. The molecule has 3 aromatic rings. The second-order valence-electron chi connectivity index (χ2n) is 5.96. The van der Waals surface area contributed by atoms with Crippen molar-refractivity contribution in [3.8, 4) is 5.69 Å². The van der Waals surface area contributed by atoms with Gasteiger partial charge in [-0.1, -0.05) is 29.8 Å². The fraction of sp³-hybridized carbons (Fsp3) is 0.158. The predicted octanol–water partition coefficient (Wildman–Crippen LogP) is 4.41. The lowest BCUT2D eigenvalue weighted by atomic mass is 10.2. The number of amides is 1. The first-order valence-corrected chi connectivity index (χ1v) is 8.44. The van der Waals surface area contributed by atoms with Gasteiger partial charge in [-0.15, -0.1) is 0 Å². The number of benzene rings is 2. The molecule has 0 aliphatic heterocycles. The summed E-state index contributed by atoms with van der Waals surface area (Å²) in [6.45, 7) is 0. The molecule has 0 atom stereocenters. The number of carbonyl (C=O) groups excluding carboxylic acids is 1. The van der Waals surface area contributed by atoms with Gasteiger partial charge in [0.25, 0.3) is 5.91 Å². The van der Waals surface area contributed by atoms with Crippen molar-refractivity contribution in [2.75, 3.05) is 5.32 Å². The zero-order chi connectivity index (χ0) is 17.4. The van der Waals surface area contributed by atoms with Gasteiger partial charge < -0.3 is 5.32 Å². The summed E-state index contributed by atoms with van der Waals surface area (Å²) in [6.07, 6.45) is 2.73. The first-order chi connectivity index (χ1) is 12.1. The Hall–Kier alpha value is -2.66. The molecule has 1 N–H and O–H groups in total. The number of hydrogen-bond acceptors (Lipinski definition) is 2. The summed E-state index contributed by atoms with van der Waals surface area (Å²) in [5.74, 6) is -0.829. The molecular formula is C19H15ClFN3O. The highest BCUT2D eigenvalue weighted by molar-refractivity contribution is 6.31. The van der Waals surface area contributed by atoms with Gasteiger partial charge in [-0.3, -0.25) is 4.79 Å². The molecule has 126 valence electrons. The standard InChI is InChI=1S/C19H15ClFN3O/c20-15-11-12(9-10-16(15)21)22-19(25)18-14-7-4-8-17(14)24(23-18)13-5-2-1-3-6-13/h1-3,5-6,9-11H,4,7-8H2,(H,22,25). The lowest BCUT2D eigenvalue weighted by Crippen LogP contribution is -2.15. The number of anilines is 1. The minimum Gasteiger partial charge on any atom is -0.321 e. The minimum absolute atomic E-state index is 0.0298. The first-order valence-electron chi connectivity index (χ1n) is 8.06. The predicted molar refractivity (Wildman–Crippen MR) is 95.0 cm³/mol. The van der Waals surface area contributed by atoms with Gasteiger partial charge in [0.05, 0.1) is 10.7 Å². The van der Waals surface area contributed by atoms with Gasteiger partial charge in [-0.25, -0.2) is 9.07 Å². The van der Waals surface area contributed by atoms with E-state index in [9.17, 15) is 9.18 Å². The first kappa shape index (κ1) is 15.8. The molecule has 6 heteroatoms. The Morgan fingerprint density at radius 1 is 1.16 bits per heavy atom. The molecule has 0 unspecified atom stereocenters. The van der Waals surface area contributed by atoms with Crippen LogP contribution >= 0.6 is 11.6 Å². The van der Waals surface area contributed by atoms with Crippen LogP contribution in [0, 0.1) is 5.82 Å². The van der Waals surface area contributed by atoms with Crippen molar-refractivity contribution in [1.82, 2.24) is 9.78 Å². The molecule has 2 aromatic carbocycles. The summed E-state index contributed by atoms with van der Waals surface area (Å²) in [5, 5.41) is 7.26. The van der Waals surface area contributed by atoms with Crippen molar-refractivity contribution in [2.24, 2.45) is 0 Å². The van der Waals surface area contributed by atoms with Crippen LogP contribution in [0.25, 0.3) is 5.69 Å². The van der Waals surface area contributed by atoms with E-state index in [1.54, 1.807) is 0 Å². The zero-order valence-electron chi connectivity index (χ0n) is 13.3. The molecular weight excluding hydrogens is 341 g/mol. The van der Waals surface area contributed by atoms with Gasteiger partial charge in [-0.05, 0) is 49.6 Å². The number of hydrogen-bond donors (Lipinski definition) is 1. The van der Waals surface area contributed by atoms with Crippen molar-refractivity contribution < 1.29 is 9.18 Å². The Labute approximate surface area is 149 Å². The summed E-state index contributed by atoms with van der Waals surface area (Å²) in [5.41, 5.74) is 3.85. The van der Waals surface area contributed by atoms with Gasteiger partial charge >= 0.3 is 0 Å². The van der Waals surface area contributed by atoms with Crippen molar-refractivity contribution in [2.45, 2.75) is 19.3 Å². The van der Waals surface area contributed by atoms with Crippen molar-refractivity contribution in [3.05, 3.63) is 76.3 Å². The number of rotatable bonds is 3. The molecule has 25 heavy (non-hydrogen) atoms. The summed E-state index contributed by atoms with van der Waals surface area (Å²) >= 11 is 5.78. The van der Waals surface area contributed by atoms with Crippen LogP contribution in [-0.4, -0.2) is 15.7 Å². The number of nitrogens with one attached hydrogen (secondary N) is 1. The molecule has 4 rings (SSSR count). The van der Waals surface area contributed by atoms with Crippen LogP contribution in [-0.2, 0) is 12.8 Å². The fourth-order valence-corrected chi connectivity index (χ4v) is 3.35. The molecule has 0 fully saturated rings. The molecule has 1 heterocycles. The molecule has 0 saturated carbocycles. The van der Waals surface area contributed by atoms with Crippen LogP contribution in [0.3, 0.4) is 0 Å². The largest absolute Gasteiger partial charge is 0.321 e. The van der Waals surface area contributed by atoms with E-state index in [0.717, 1.165) is 36.2 Å². The molecule has 1 aliphatic carbocycles. The van der Waals surface area contributed by atoms with Crippen LogP contribution in [0.1, 0.15) is 28.2 Å². The van der Waals surface area contributed by atoms with Crippen LogP contribution < -0.4 is 5.32 Å². The van der Waals surface area contributed by atoms with Crippen LogP contribution in [0.4, 0.5) is 10.1 Å². The van der Waals surface area contributed by atoms with Crippen LogP contribution in [0.15, 0.2) is 48.5 Å². The topological polar surface area (TPSA) is 46.9 Å². The average Bonchev–Trinajstić information content (AvgIpc) is 3.21. The SMILES string of the molecule is O=C(Nc1ccc(F)c(Cl)c1)c1nn(-c2ccccc2)c2c1CCC2. The summed E-state index contributed by atoms with van der Waals surface area (Å²) in [4.78, 5) is 12.7. The lowest BCUT2D eigenvalue weighted by molar-refractivity contribution is 0.102. The van der Waals surface area contributed by atoms with Gasteiger partial charge in [0.2, 0.25) is 0 Å². The van der Waals surface area contributed by atoms with E-state index in [2.05, 4.69) is 10.4 Å². The molecule has 4 nitrogen and oxygen atoms in total. The van der Waals surface area contributed by atoms with E-state index in [4.69, 9.17) is 11.6 Å². The fourth-order valence-electron chi connectivity index (χ4n) is 3.17. The number of carbonyl (C=O) groups is 1. The second kappa shape index (κ2) is 6.33. The number of aromatic nitrogens is 2. The van der Waals surface area contributed by atoms with Gasteiger partial charge in [-0.2, -0.15) is 5.10 Å². The van der Waals surface area contributed by atoms with E-state index in [1.807, 2.05) is 35.0 Å². The van der Waals surface area contributed by atoms with Crippen LogP contribution in [0.2, 0.25) is 5.02 Å². The van der Waals surface area contributed by atoms with Gasteiger partial charge in [0.1, 0.15) is 5.82 Å². The smallest absolute Gasteiger partial charge is 0.276 e. The normalized spacial score (nSPS) is 12.9. The second-order valence-corrected chi connectivity index (χ2v) is 6.36. The van der Waals surface area contributed by atoms with Gasteiger partial charge in [0.15, 0.2) is 5.69 Å². The highest BCUT2D eigenvalue weighted by atomic mass is 35.5. The van der Waals surface area contributed by atoms with E-state index in [1.165, 1.54) is 18.2 Å². The molecule has 0 saturated heterocycles. The number of fused-ring (bicyclic) bond motifs is 1. The number of nitrogens with zero attached hydrogens (tertiary/aromatic N) is 2. The average molecular weight is 356 g/mol. The number of para-hydroxylation sites is 1. The molecule has 1 aliphatic rings. The van der Waals surface area contributed by atoms with E-state index in [-0.39, 0.29) is 10.9 Å². The quantitative estimate of drug-likeness (QED) is 0.756. The molecule has 1 amide bonds. The third-order valence-electron chi connectivity index (χ3n) is 4.32. The maximum absolute atomic E-state index is 13.3. The summed E-state index contributed by atoms with van der Waals surface area (Å²) in [7, 11) is 0. The van der Waals surface area contributed by atoms with E-state index >= 15 is 0 Å². The Bertz CT molecular complexity index is 953. The van der Waals surface area contributed by atoms with E-state index in [0.29, 0.717) is 11.4 Å². The lowest BCUT2D eigenvalue weighted by Gasteiger charge is -2.06. The molecule has 0 bridgehead atoms. The highest BCUT2D eigenvalue weighted by Crippen LogP contribution is 2.28. The zero-order valence-corrected chi connectivity index (χ0v) is 14.1. The third kappa shape index (κ3) is 2.91. The Morgan fingerprint density at radius 2 is 1.96 bits per heavy atom. The minimum atomic E-state index is -0.520. The van der Waals surface area contributed by atoms with Crippen molar-refractivity contribution in [1.29, 1.82) is 0 Å². The summed E-state index contributed by atoms with van der Waals surface area (Å²) < 4.78 is 15.1. The maximum Gasteiger partial charge on any atom is 0.276 e. The highest BCUT2D eigenvalue weighted by Gasteiger charge is 2.27. The summed E-state index contributed by atoms with van der Waals surface area (Å²) in [6, 6.07) is 13.9. The molecule has 1 aromatic heterocycles. The van der Waals surface area contributed by atoms with Gasteiger partial charge in [0, 0.05) is 16.9 Å². The van der Waals surface area contributed by atoms with E-state index < -0.39 is 5.82 Å². The molecule has 0 spiro atoms. The monoisotopic (exact) mass is 355 g/mol. The maximum atomic E-state index is 13.3. The number of halogens is 2. The third-order valence-corrected chi connectivity index (χ3v) is 4.61. The van der Waals surface area contributed by atoms with Crippen molar-refractivity contribution >= 4 is 23.2 Å². The van der Waals surface area contributed by atoms with Crippen LogP contribution in [0.5, 0.6) is 0 Å².